The standard InChI is InChI=1S/C12H12FNO4/c13-8-3-1-2-7(4-8)11(12(17)18)14-6-9(15)5-10(14)16/h1-4,9,11,15H,5-6H2,(H,17,18). The lowest BCUT2D eigenvalue weighted by Gasteiger charge is -2.24. The Bertz CT molecular complexity index is 491. The molecule has 1 amide bonds. The highest BCUT2D eigenvalue weighted by Crippen LogP contribution is 2.26. The number of halogens is 1. The Balaban J connectivity index is 2.35. The number of carbonyl (C=O) groups is 2. The monoisotopic (exact) mass is 253 g/mol. The highest BCUT2D eigenvalue weighted by Gasteiger charge is 2.37. The van der Waals surface area contributed by atoms with Crippen LogP contribution in [0.25, 0.3) is 0 Å². The zero-order valence-electron chi connectivity index (χ0n) is 9.41. The van der Waals surface area contributed by atoms with Gasteiger partial charge in [-0.2, -0.15) is 0 Å². The number of aliphatic hydroxyl groups is 1. The quantitative estimate of drug-likeness (QED) is 0.824. The maximum Gasteiger partial charge on any atom is 0.331 e. The van der Waals surface area contributed by atoms with Crippen LogP contribution in [0.2, 0.25) is 0 Å². The van der Waals surface area contributed by atoms with Crippen LogP contribution in [0.1, 0.15) is 18.0 Å². The zero-order valence-corrected chi connectivity index (χ0v) is 9.41. The van der Waals surface area contributed by atoms with E-state index in [0.29, 0.717) is 0 Å². The summed E-state index contributed by atoms with van der Waals surface area (Å²) in [7, 11) is 0. The lowest BCUT2D eigenvalue weighted by atomic mass is 10.1. The van der Waals surface area contributed by atoms with Crippen molar-refractivity contribution < 1.29 is 24.2 Å². The molecule has 1 aliphatic rings. The van der Waals surface area contributed by atoms with Gasteiger partial charge in [0.15, 0.2) is 6.04 Å². The molecule has 0 radical (unpaired) electrons. The van der Waals surface area contributed by atoms with Crippen LogP contribution in [-0.2, 0) is 9.59 Å². The number of nitrogens with zero attached hydrogens (tertiary/aromatic N) is 1. The molecule has 2 rings (SSSR count). The molecule has 0 bridgehead atoms. The normalized spacial score (nSPS) is 21.1. The third-order valence-corrected chi connectivity index (χ3v) is 2.85. The van der Waals surface area contributed by atoms with E-state index in [1.165, 1.54) is 18.2 Å². The second kappa shape index (κ2) is 4.73. The van der Waals surface area contributed by atoms with Gasteiger partial charge in [-0.1, -0.05) is 12.1 Å². The van der Waals surface area contributed by atoms with Gasteiger partial charge in [0.2, 0.25) is 5.91 Å². The van der Waals surface area contributed by atoms with Crippen molar-refractivity contribution in [3.63, 3.8) is 0 Å². The summed E-state index contributed by atoms with van der Waals surface area (Å²) < 4.78 is 13.1. The molecular weight excluding hydrogens is 241 g/mol. The van der Waals surface area contributed by atoms with E-state index in [-0.39, 0.29) is 18.5 Å². The molecule has 1 heterocycles. The summed E-state index contributed by atoms with van der Waals surface area (Å²) in [4.78, 5) is 23.9. The van der Waals surface area contributed by atoms with Crippen LogP contribution >= 0.6 is 0 Å². The first-order chi connectivity index (χ1) is 8.49. The van der Waals surface area contributed by atoms with E-state index in [2.05, 4.69) is 0 Å². The van der Waals surface area contributed by atoms with E-state index >= 15 is 0 Å². The number of carbonyl (C=O) groups excluding carboxylic acids is 1. The van der Waals surface area contributed by atoms with Gasteiger partial charge in [0.05, 0.1) is 12.5 Å². The number of rotatable bonds is 3. The Kier molecular flexibility index (Phi) is 3.29. The minimum Gasteiger partial charge on any atom is -0.479 e. The molecule has 18 heavy (non-hydrogen) atoms. The van der Waals surface area contributed by atoms with E-state index in [9.17, 15) is 24.2 Å². The molecule has 2 atom stereocenters. The minimum absolute atomic E-state index is 0.0493. The third-order valence-electron chi connectivity index (χ3n) is 2.85. The molecule has 1 aromatic carbocycles. The number of benzene rings is 1. The number of likely N-dealkylation sites (tertiary alicyclic amines) is 1. The molecule has 0 saturated carbocycles. The Morgan fingerprint density at radius 2 is 2.22 bits per heavy atom. The van der Waals surface area contributed by atoms with E-state index in [0.717, 1.165) is 11.0 Å². The SMILES string of the molecule is O=C(O)C(c1cccc(F)c1)N1CC(O)CC1=O. The summed E-state index contributed by atoms with van der Waals surface area (Å²) in [5.74, 6) is -2.26. The van der Waals surface area contributed by atoms with Crippen molar-refractivity contribution >= 4 is 11.9 Å². The topological polar surface area (TPSA) is 77.8 Å². The summed E-state index contributed by atoms with van der Waals surface area (Å²) in [6.07, 6.45) is -0.966. The molecular formula is C12H12FNO4. The summed E-state index contributed by atoms with van der Waals surface area (Å²) >= 11 is 0. The number of amides is 1. The van der Waals surface area contributed by atoms with Crippen molar-refractivity contribution in [2.75, 3.05) is 6.54 Å². The van der Waals surface area contributed by atoms with Crippen LogP contribution in [0.5, 0.6) is 0 Å². The van der Waals surface area contributed by atoms with E-state index in [4.69, 9.17) is 0 Å². The fraction of sp³-hybridized carbons (Fsp3) is 0.333. The highest BCUT2D eigenvalue weighted by atomic mass is 19.1. The van der Waals surface area contributed by atoms with Crippen LogP contribution in [0.3, 0.4) is 0 Å². The van der Waals surface area contributed by atoms with Crippen molar-refractivity contribution in [3.8, 4) is 0 Å². The summed E-state index contributed by atoms with van der Waals surface area (Å²) in [5, 5.41) is 18.6. The maximum absolute atomic E-state index is 13.1. The summed E-state index contributed by atoms with van der Waals surface area (Å²) in [6.45, 7) is -0.0493. The number of carboxylic acid groups (broad SMARTS) is 1. The maximum atomic E-state index is 13.1. The molecule has 2 N–H and O–H groups in total. The molecule has 0 spiro atoms. The van der Waals surface area contributed by atoms with Gasteiger partial charge < -0.3 is 15.1 Å². The van der Waals surface area contributed by atoms with Gasteiger partial charge in [0.25, 0.3) is 0 Å². The molecule has 1 fully saturated rings. The number of β-amino-alcohol motifs (C(OH)–C–C–N with tert-alkyl or cyclic N) is 1. The molecule has 5 nitrogen and oxygen atoms in total. The predicted molar refractivity (Wildman–Crippen MR) is 59.1 cm³/mol. The average molecular weight is 253 g/mol. The second-order valence-corrected chi connectivity index (χ2v) is 4.20. The zero-order chi connectivity index (χ0) is 13.3. The van der Waals surface area contributed by atoms with Gasteiger partial charge >= 0.3 is 5.97 Å². The average Bonchev–Trinajstić information content (AvgIpc) is 2.58. The van der Waals surface area contributed by atoms with Gasteiger partial charge in [-0.05, 0) is 17.7 Å². The smallest absolute Gasteiger partial charge is 0.331 e. The second-order valence-electron chi connectivity index (χ2n) is 4.20. The molecule has 1 aliphatic heterocycles. The van der Waals surface area contributed by atoms with Crippen LogP contribution in [0, 0.1) is 5.82 Å². The van der Waals surface area contributed by atoms with Gasteiger partial charge in [-0.25, -0.2) is 9.18 Å². The van der Waals surface area contributed by atoms with Crippen molar-refractivity contribution in [1.29, 1.82) is 0 Å². The molecule has 6 heteroatoms. The van der Waals surface area contributed by atoms with E-state index in [1.807, 2.05) is 0 Å². The largest absolute Gasteiger partial charge is 0.479 e. The van der Waals surface area contributed by atoms with Crippen molar-refractivity contribution in [1.82, 2.24) is 4.90 Å². The highest BCUT2D eigenvalue weighted by molar-refractivity contribution is 5.86. The fourth-order valence-electron chi connectivity index (χ4n) is 2.09. The number of hydrogen-bond donors (Lipinski definition) is 2. The lowest BCUT2D eigenvalue weighted by molar-refractivity contribution is -0.148. The lowest BCUT2D eigenvalue weighted by Crippen LogP contribution is -2.35. The summed E-state index contributed by atoms with van der Waals surface area (Å²) in [6, 6.07) is 3.85. The third kappa shape index (κ3) is 2.33. The van der Waals surface area contributed by atoms with Crippen LogP contribution in [0.15, 0.2) is 24.3 Å². The molecule has 2 unspecified atom stereocenters. The molecule has 1 aromatic rings. The minimum atomic E-state index is -1.26. The Morgan fingerprint density at radius 1 is 1.50 bits per heavy atom. The van der Waals surface area contributed by atoms with Crippen molar-refractivity contribution in [2.24, 2.45) is 0 Å². The Morgan fingerprint density at radius 3 is 2.72 bits per heavy atom. The number of aliphatic hydroxyl groups excluding tert-OH is 1. The first-order valence-electron chi connectivity index (χ1n) is 5.45. The van der Waals surface area contributed by atoms with E-state index < -0.39 is 29.8 Å². The first kappa shape index (κ1) is 12.5. The van der Waals surface area contributed by atoms with Gasteiger partial charge in [0.1, 0.15) is 5.82 Å². The Labute approximate surface area is 102 Å². The fourth-order valence-corrected chi connectivity index (χ4v) is 2.09. The number of aliphatic carboxylic acids is 1. The van der Waals surface area contributed by atoms with Gasteiger partial charge in [-0.3, -0.25) is 4.79 Å². The number of carboxylic acids is 1. The van der Waals surface area contributed by atoms with Crippen LogP contribution < -0.4 is 0 Å². The van der Waals surface area contributed by atoms with Crippen molar-refractivity contribution in [3.05, 3.63) is 35.6 Å². The molecule has 0 aromatic heterocycles. The number of hydrogen-bond acceptors (Lipinski definition) is 3. The Hall–Kier alpha value is -1.95. The molecule has 0 aliphatic carbocycles. The van der Waals surface area contributed by atoms with Gasteiger partial charge in [0, 0.05) is 6.54 Å². The van der Waals surface area contributed by atoms with Crippen LogP contribution in [0.4, 0.5) is 4.39 Å². The van der Waals surface area contributed by atoms with Gasteiger partial charge in [-0.15, -0.1) is 0 Å². The predicted octanol–water partition coefficient (Wildman–Crippen LogP) is 0.545. The summed E-state index contributed by atoms with van der Waals surface area (Å²) in [5.41, 5.74) is 0.185. The first-order valence-corrected chi connectivity index (χ1v) is 5.45. The molecule has 1 saturated heterocycles. The molecule has 96 valence electrons. The van der Waals surface area contributed by atoms with Crippen molar-refractivity contribution in [2.45, 2.75) is 18.6 Å². The van der Waals surface area contributed by atoms with E-state index in [1.54, 1.807) is 0 Å². The van der Waals surface area contributed by atoms with Crippen LogP contribution in [-0.4, -0.2) is 39.6 Å².